The number of carbonyl (C=O) groups excluding carboxylic acids is 1. The fourth-order valence-corrected chi connectivity index (χ4v) is 5.68. The van der Waals surface area contributed by atoms with E-state index in [1.807, 2.05) is 24.3 Å². The summed E-state index contributed by atoms with van der Waals surface area (Å²) in [7, 11) is 0. The van der Waals surface area contributed by atoms with Crippen molar-refractivity contribution < 1.29 is 23.8 Å². The lowest BCUT2D eigenvalue weighted by Gasteiger charge is -2.37. The summed E-state index contributed by atoms with van der Waals surface area (Å²) in [4.78, 5) is 19.1. The predicted octanol–water partition coefficient (Wildman–Crippen LogP) is 5.58. The van der Waals surface area contributed by atoms with E-state index in [2.05, 4.69) is 15.2 Å². The summed E-state index contributed by atoms with van der Waals surface area (Å²) in [5.74, 6) is 1.09. The summed E-state index contributed by atoms with van der Waals surface area (Å²) in [5.41, 5.74) is 0.792. The number of nitrogens with one attached hydrogen (secondary N) is 1. The molecule has 0 spiro atoms. The Balaban J connectivity index is 1.01. The standard InChI is InChI=1S/C29H33ClFN3O4/c30-23-17-20(31)7-10-27(23)37-28-13-16-34(18-25(28)35)15-12-19-5-8-21(9-6-19)33-29(36)38-26-11-14-32-24-4-2-1-3-22(24)26/h1-4,7,10-11,14,17,19,21,25,28,35H,5-6,8-9,12-13,15-16,18H2,(H,33,36)/t19-,21-,25-,28-/m1/s1. The Morgan fingerprint density at radius 2 is 1.92 bits per heavy atom. The fraction of sp³-hybridized carbons (Fsp3) is 0.448. The molecule has 1 amide bonds. The third-order valence-corrected chi connectivity index (χ3v) is 7.91. The van der Waals surface area contributed by atoms with Crippen molar-refractivity contribution in [2.24, 2.45) is 5.92 Å². The normalized spacial score (nSPS) is 24.2. The third kappa shape index (κ3) is 6.73. The van der Waals surface area contributed by atoms with Crippen molar-refractivity contribution in [3.05, 3.63) is 65.6 Å². The second kappa shape index (κ2) is 12.3. The molecule has 7 nitrogen and oxygen atoms in total. The van der Waals surface area contributed by atoms with E-state index < -0.39 is 18.0 Å². The van der Waals surface area contributed by atoms with Crippen LogP contribution < -0.4 is 14.8 Å². The summed E-state index contributed by atoms with van der Waals surface area (Å²) in [6.45, 7) is 2.28. The van der Waals surface area contributed by atoms with Gasteiger partial charge in [0.05, 0.1) is 10.5 Å². The molecule has 202 valence electrons. The number of amides is 1. The zero-order valence-electron chi connectivity index (χ0n) is 21.2. The van der Waals surface area contributed by atoms with Crippen molar-refractivity contribution in [3.63, 3.8) is 0 Å². The van der Waals surface area contributed by atoms with Crippen LogP contribution in [0.1, 0.15) is 38.5 Å². The van der Waals surface area contributed by atoms with Gasteiger partial charge in [-0.1, -0.05) is 23.7 Å². The number of carbonyl (C=O) groups is 1. The van der Waals surface area contributed by atoms with Crippen LogP contribution in [-0.4, -0.2) is 59.0 Å². The first-order valence-electron chi connectivity index (χ1n) is 13.3. The Labute approximate surface area is 226 Å². The van der Waals surface area contributed by atoms with E-state index in [0.717, 1.165) is 56.1 Å². The third-order valence-electron chi connectivity index (χ3n) is 7.61. The fourth-order valence-electron chi connectivity index (χ4n) is 5.47. The maximum atomic E-state index is 13.3. The van der Waals surface area contributed by atoms with E-state index in [1.165, 1.54) is 18.2 Å². The van der Waals surface area contributed by atoms with Crippen LogP contribution in [0.25, 0.3) is 10.9 Å². The molecule has 0 radical (unpaired) electrons. The zero-order valence-corrected chi connectivity index (χ0v) is 21.9. The van der Waals surface area contributed by atoms with Crippen molar-refractivity contribution >= 4 is 28.6 Å². The number of rotatable bonds is 7. The van der Waals surface area contributed by atoms with Gasteiger partial charge in [0, 0.05) is 30.7 Å². The lowest BCUT2D eigenvalue weighted by Crippen LogP contribution is -2.49. The quantitative estimate of drug-likeness (QED) is 0.406. The van der Waals surface area contributed by atoms with Crippen LogP contribution in [0.3, 0.4) is 0 Å². The average molecular weight is 542 g/mol. The topological polar surface area (TPSA) is 83.9 Å². The number of halogens is 2. The van der Waals surface area contributed by atoms with Gasteiger partial charge in [0.2, 0.25) is 0 Å². The Hall–Kier alpha value is -2.94. The monoisotopic (exact) mass is 541 g/mol. The molecule has 0 bridgehead atoms. The Morgan fingerprint density at radius 3 is 2.71 bits per heavy atom. The molecule has 2 N–H and O–H groups in total. The van der Waals surface area contributed by atoms with Gasteiger partial charge < -0.3 is 24.8 Å². The van der Waals surface area contributed by atoms with Gasteiger partial charge in [0.25, 0.3) is 0 Å². The van der Waals surface area contributed by atoms with Crippen LogP contribution in [0.4, 0.5) is 9.18 Å². The molecule has 2 aromatic carbocycles. The van der Waals surface area contributed by atoms with Crippen molar-refractivity contribution in [1.29, 1.82) is 0 Å². The molecule has 2 heterocycles. The van der Waals surface area contributed by atoms with Gasteiger partial charge in [-0.05, 0) is 87.4 Å². The van der Waals surface area contributed by atoms with Crippen LogP contribution in [0.5, 0.6) is 11.5 Å². The summed E-state index contributed by atoms with van der Waals surface area (Å²) in [6.07, 6.45) is 5.92. The molecular weight excluding hydrogens is 509 g/mol. The van der Waals surface area contributed by atoms with Crippen molar-refractivity contribution in [2.45, 2.75) is 56.8 Å². The minimum atomic E-state index is -0.631. The number of nitrogens with zero attached hydrogens (tertiary/aromatic N) is 2. The highest BCUT2D eigenvalue weighted by molar-refractivity contribution is 6.32. The number of hydrogen-bond donors (Lipinski definition) is 2. The number of aliphatic hydroxyl groups excluding tert-OH is 1. The number of benzene rings is 2. The van der Waals surface area contributed by atoms with E-state index in [1.54, 1.807) is 12.3 Å². The van der Waals surface area contributed by atoms with Crippen LogP contribution in [-0.2, 0) is 0 Å². The number of hydrogen-bond acceptors (Lipinski definition) is 6. The first-order valence-corrected chi connectivity index (χ1v) is 13.7. The van der Waals surface area contributed by atoms with Crippen molar-refractivity contribution in [1.82, 2.24) is 15.2 Å². The Morgan fingerprint density at radius 1 is 1.11 bits per heavy atom. The number of piperidine rings is 1. The minimum Gasteiger partial charge on any atom is -0.486 e. The SMILES string of the molecule is O=C(N[C@H]1CC[C@H](CCN2CC[C@@H](Oc3ccc(F)cc3Cl)[C@H](O)C2)CC1)Oc1ccnc2ccccc12. The number of likely N-dealkylation sites (tertiary alicyclic amines) is 1. The number of ether oxygens (including phenoxy) is 2. The van der Waals surface area contributed by atoms with Gasteiger partial charge in [-0.2, -0.15) is 0 Å². The molecule has 2 aliphatic rings. The Bertz CT molecular complexity index is 1250. The van der Waals surface area contributed by atoms with E-state index >= 15 is 0 Å². The van der Waals surface area contributed by atoms with Gasteiger partial charge in [-0.25, -0.2) is 9.18 Å². The molecular formula is C29H33ClFN3O4. The smallest absolute Gasteiger partial charge is 0.412 e. The van der Waals surface area contributed by atoms with Crippen LogP contribution in [0.15, 0.2) is 54.7 Å². The lowest BCUT2D eigenvalue weighted by atomic mass is 9.84. The Kier molecular flexibility index (Phi) is 8.61. The predicted molar refractivity (Wildman–Crippen MR) is 144 cm³/mol. The summed E-state index contributed by atoms with van der Waals surface area (Å²) < 4.78 is 24.7. The highest BCUT2D eigenvalue weighted by atomic mass is 35.5. The first-order chi connectivity index (χ1) is 18.4. The maximum Gasteiger partial charge on any atom is 0.412 e. The number of pyridine rings is 1. The molecule has 2 fully saturated rings. The summed E-state index contributed by atoms with van der Waals surface area (Å²) >= 11 is 6.07. The van der Waals surface area contributed by atoms with E-state index in [-0.39, 0.29) is 17.2 Å². The minimum absolute atomic E-state index is 0.111. The van der Waals surface area contributed by atoms with Gasteiger partial charge >= 0.3 is 6.09 Å². The number of β-amino-alcohol motifs (C(OH)–C–C–N with tert-alkyl or cyclic N) is 1. The molecule has 1 saturated heterocycles. The molecule has 1 aromatic heterocycles. The lowest BCUT2D eigenvalue weighted by molar-refractivity contribution is -0.0266. The summed E-state index contributed by atoms with van der Waals surface area (Å²) in [6, 6.07) is 13.4. The van der Waals surface area contributed by atoms with E-state index in [4.69, 9.17) is 21.1 Å². The van der Waals surface area contributed by atoms with Crippen molar-refractivity contribution in [2.75, 3.05) is 19.6 Å². The van der Waals surface area contributed by atoms with E-state index in [9.17, 15) is 14.3 Å². The molecule has 1 aliphatic carbocycles. The second-order valence-corrected chi connectivity index (χ2v) is 10.7. The van der Waals surface area contributed by atoms with Gasteiger partial charge in [-0.3, -0.25) is 4.98 Å². The molecule has 9 heteroatoms. The molecule has 0 unspecified atom stereocenters. The highest BCUT2D eigenvalue weighted by Crippen LogP contribution is 2.30. The average Bonchev–Trinajstić information content (AvgIpc) is 2.91. The van der Waals surface area contributed by atoms with E-state index in [0.29, 0.717) is 30.4 Å². The molecule has 2 atom stereocenters. The maximum absolute atomic E-state index is 13.3. The molecule has 5 rings (SSSR count). The first kappa shape index (κ1) is 26.7. The summed E-state index contributed by atoms with van der Waals surface area (Å²) in [5, 5.41) is 14.7. The number of aromatic nitrogens is 1. The van der Waals surface area contributed by atoms with Crippen LogP contribution >= 0.6 is 11.6 Å². The van der Waals surface area contributed by atoms with Crippen LogP contribution in [0, 0.1) is 11.7 Å². The number of aliphatic hydroxyl groups is 1. The number of fused-ring (bicyclic) bond motifs is 1. The second-order valence-electron chi connectivity index (χ2n) is 10.3. The highest BCUT2D eigenvalue weighted by Gasteiger charge is 2.30. The van der Waals surface area contributed by atoms with Crippen LogP contribution in [0.2, 0.25) is 5.02 Å². The van der Waals surface area contributed by atoms with Crippen molar-refractivity contribution in [3.8, 4) is 11.5 Å². The van der Waals surface area contributed by atoms with Gasteiger partial charge in [0.15, 0.2) is 0 Å². The molecule has 3 aromatic rings. The largest absolute Gasteiger partial charge is 0.486 e. The van der Waals surface area contributed by atoms with Gasteiger partial charge in [-0.15, -0.1) is 0 Å². The molecule has 1 saturated carbocycles. The van der Waals surface area contributed by atoms with Gasteiger partial charge in [0.1, 0.15) is 29.5 Å². The number of para-hydroxylation sites is 1. The molecule has 1 aliphatic heterocycles. The molecule has 38 heavy (non-hydrogen) atoms. The zero-order chi connectivity index (χ0) is 26.5.